The molecule has 176 valence electrons. The molecule has 0 unspecified atom stereocenters. The summed E-state index contributed by atoms with van der Waals surface area (Å²) in [5.41, 5.74) is 3.71. The fourth-order valence-electron chi connectivity index (χ4n) is 2.81. The topological polar surface area (TPSA) is 57.4 Å². The Hall–Kier alpha value is -3.64. The molecule has 2 aromatic carbocycles. The number of benzene rings is 2. The number of rotatable bonds is 4. The van der Waals surface area contributed by atoms with E-state index in [-0.39, 0.29) is 22.4 Å². The molecule has 0 aliphatic heterocycles. The predicted octanol–water partition coefficient (Wildman–Crippen LogP) is 6.81. The number of aromatic nitrogens is 1. The molecular formula is C20H11F9N2O2. The van der Waals surface area contributed by atoms with Crippen LogP contribution in [0, 0.1) is 0 Å². The second-order valence-electron chi connectivity index (χ2n) is 6.46. The predicted molar refractivity (Wildman–Crippen MR) is 97.9 cm³/mol. The van der Waals surface area contributed by atoms with Crippen LogP contribution in [0.2, 0.25) is 0 Å². The monoisotopic (exact) mass is 482 g/mol. The highest BCUT2D eigenvalue weighted by molar-refractivity contribution is 5.87. The minimum Gasteiger partial charge on any atom is -0.406 e. The molecule has 2 N–H and O–H groups in total. The summed E-state index contributed by atoms with van der Waals surface area (Å²) in [5.74, 6) is -1.22. The number of nitrogen functional groups attached to an aromatic ring is 1. The van der Waals surface area contributed by atoms with Gasteiger partial charge in [0.1, 0.15) is 17.2 Å². The van der Waals surface area contributed by atoms with Crippen LogP contribution in [0.4, 0.5) is 45.2 Å². The van der Waals surface area contributed by atoms with Crippen molar-refractivity contribution >= 4 is 5.69 Å². The highest BCUT2D eigenvalue weighted by Gasteiger charge is 2.35. The lowest BCUT2D eigenvalue weighted by molar-refractivity contribution is -0.275. The van der Waals surface area contributed by atoms with Crippen molar-refractivity contribution in [1.29, 1.82) is 0 Å². The van der Waals surface area contributed by atoms with Crippen molar-refractivity contribution in [3.8, 4) is 33.9 Å². The number of halogens is 9. The van der Waals surface area contributed by atoms with Crippen molar-refractivity contribution in [2.45, 2.75) is 18.9 Å². The summed E-state index contributed by atoms with van der Waals surface area (Å²) < 4.78 is 122. The summed E-state index contributed by atoms with van der Waals surface area (Å²) in [4.78, 5) is 3.48. The van der Waals surface area contributed by atoms with Crippen LogP contribution in [0.25, 0.3) is 22.4 Å². The van der Waals surface area contributed by atoms with Crippen molar-refractivity contribution in [2.75, 3.05) is 5.73 Å². The molecule has 0 radical (unpaired) electrons. The first-order valence-corrected chi connectivity index (χ1v) is 8.72. The molecule has 13 heteroatoms. The SMILES string of the molecule is Nc1c(-c2ccc(OC(F)(F)F)cc2)cc(C(F)(F)F)nc1-c1ccc(OC(F)(F)F)cc1. The van der Waals surface area contributed by atoms with Gasteiger partial charge in [-0.1, -0.05) is 12.1 Å². The van der Waals surface area contributed by atoms with Gasteiger partial charge in [-0.15, -0.1) is 26.3 Å². The number of alkyl halides is 9. The lowest BCUT2D eigenvalue weighted by Gasteiger charge is -2.16. The lowest BCUT2D eigenvalue weighted by atomic mass is 9.99. The third-order valence-electron chi connectivity index (χ3n) is 4.11. The number of ether oxygens (including phenoxy) is 2. The van der Waals surface area contributed by atoms with Crippen LogP contribution in [0.1, 0.15) is 5.69 Å². The van der Waals surface area contributed by atoms with Crippen molar-refractivity contribution in [3.05, 3.63) is 60.3 Å². The molecule has 1 aromatic heterocycles. The van der Waals surface area contributed by atoms with Crippen molar-refractivity contribution in [3.63, 3.8) is 0 Å². The van der Waals surface area contributed by atoms with E-state index in [2.05, 4.69) is 14.5 Å². The van der Waals surface area contributed by atoms with Gasteiger partial charge in [0.05, 0.1) is 11.4 Å². The van der Waals surface area contributed by atoms with Crippen molar-refractivity contribution < 1.29 is 49.0 Å². The Balaban J connectivity index is 2.07. The van der Waals surface area contributed by atoms with Gasteiger partial charge in [0.25, 0.3) is 0 Å². The Morgan fingerprint density at radius 1 is 0.636 bits per heavy atom. The first kappa shape index (κ1) is 24.0. The van der Waals surface area contributed by atoms with E-state index in [1.807, 2.05) is 0 Å². The summed E-state index contributed by atoms with van der Waals surface area (Å²) in [5, 5.41) is 0. The number of hydrogen-bond acceptors (Lipinski definition) is 4. The quantitative estimate of drug-likeness (QED) is 0.415. The van der Waals surface area contributed by atoms with Crippen LogP contribution in [0.5, 0.6) is 11.5 Å². The van der Waals surface area contributed by atoms with Gasteiger partial charge in [-0.25, -0.2) is 4.98 Å². The Labute approximate surface area is 179 Å². The zero-order valence-corrected chi connectivity index (χ0v) is 15.9. The van der Waals surface area contributed by atoms with Crippen LogP contribution < -0.4 is 15.2 Å². The molecule has 0 saturated heterocycles. The van der Waals surface area contributed by atoms with E-state index in [0.29, 0.717) is 6.07 Å². The van der Waals surface area contributed by atoms with Crippen LogP contribution >= 0.6 is 0 Å². The van der Waals surface area contributed by atoms with Crippen molar-refractivity contribution in [1.82, 2.24) is 4.98 Å². The lowest BCUT2D eigenvalue weighted by Crippen LogP contribution is -2.17. The standard InChI is InChI=1S/C20H11F9N2O2/c21-18(22,23)15-9-14(10-1-5-12(6-2-10)32-19(24,25)26)16(30)17(31-15)11-3-7-13(8-4-11)33-20(27,28)29/h1-9H,30H2. The maximum atomic E-state index is 13.4. The average molecular weight is 482 g/mol. The van der Waals surface area contributed by atoms with E-state index in [1.165, 1.54) is 0 Å². The van der Waals surface area contributed by atoms with E-state index in [0.717, 1.165) is 48.5 Å². The minimum absolute atomic E-state index is 0.0215. The maximum absolute atomic E-state index is 13.4. The fourth-order valence-corrected chi connectivity index (χ4v) is 2.81. The molecule has 3 rings (SSSR count). The van der Waals surface area contributed by atoms with E-state index in [4.69, 9.17) is 5.73 Å². The first-order chi connectivity index (χ1) is 15.1. The molecule has 0 bridgehead atoms. The largest absolute Gasteiger partial charge is 0.573 e. The molecule has 0 amide bonds. The zero-order valence-electron chi connectivity index (χ0n) is 15.9. The second-order valence-corrected chi connectivity index (χ2v) is 6.46. The third kappa shape index (κ3) is 6.20. The molecule has 0 atom stereocenters. The Morgan fingerprint density at radius 3 is 1.45 bits per heavy atom. The number of hydrogen-bond donors (Lipinski definition) is 1. The Kier molecular flexibility index (Phi) is 6.09. The summed E-state index contributed by atoms with van der Waals surface area (Å²) in [6, 6.07) is 8.32. The molecule has 1 heterocycles. The third-order valence-corrected chi connectivity index (χ3v) is 4.11. The first-order valence-electron chi connectivity index (χ1n) is 8.72. The Bertz CT molecular complexity index is 1040. The molecular weight excluding hydrogens is 471 g/mol. The van der Waals surface area contributed by atoms with Gasteiger partial charge in [-0.2, -0.15) is 13.2 Å². The highest BCUT2D eigenvalue weighted by atomic mass is 19.4. The molecule has 0 aliphatic rings. The highest BCUT2D eigenvalue weighted by Crippen LogP contribution is 2.40. The number of pyridine rings is 1. The average Bonchev–Trinajstić information content (AvgIpc) is 2.66. The van der Waals surface area contributed by atoms with E-state index < -0.39 is 41.8 Å². The summed E-state index contributed by atoms with van der Waals surface area (Å²) in [6.07, 6.45) is -14.9. The van der Waals surface area contributed by atoms with Gasteiger partial charge in [0, 0.05) is 11.1 Å². The zero-order chi connectivity index (χ0) is 24.6. The smallest absolute Gasteiger partial charge is 0.406 e. The number of nitrogens with two attached hydrogens (primary N) is 1. The van der Waals surface area contributed by atoms with Crippen molar-refractivity contribution in [2.24, 2.45) is 0 Å². The van der Waals surface area contributed by atoms with Gasteiger partial charge in [-0.05, 0) is 48.0 Å². The molecule has 0 spiro atoms. The second kappa shape index (κ2) is 8.37. The van der Waals surface area contributed by atoms with E-state index >= 15 is 0 Å². The molecule has 0 saturated carbocycles. The van der Waals surface area contributed by atoms with Gasteiger partial charge >= 0.3 is 18.9 Å². The number of nitrogens with zero attached hydrogens (tertiary/aromatic N) is 1. The molecule has 3 aromatic rings. The summed E-state index contributed by atoms with van der Waals surface area (Å²) >= 11 is 0. The van der Waals surface area contributed by atoms with E-state index in [1.54, 1.807) is 0 Å². The number of anilines is 1. The summed E-state index contributed by atoms with van der Waals surface area (Å²) in [6.45, 7) is 0. The summed E-state index contributed by atoms with van der Waals surface area (Å²) in [7, 11) is 0. The van der Waals surface area contributed by atoms with Gasteiger partial charge in [0.15, 0.2) is 0 Å². The van der Waals surface area contributed by atoms with E-state index in [9.17, 15) is 39.5 Å². The van der Waals surface area contributed by atoms with Gasteiger partial charge in [-0.3, -0.25) is 0 Å². The van der Waals surface area contributed by atoms with Crippen LogP contribution in [-0.4, -0.2) is 17.7 Å². The molecule has 33 heavy (non-hydrogen) atoms. The molecule has 4 nitrogen and oxygen atoms in total. The van der Waals surface area contributed by atoms with Gasteiger partial charge < -0.3 is 15.2 Å². The Morgan fingerprint density at radius 2 is 1.06 bits per heavy atom. The van der Waals surface area contributed by atoms with Crippen LogP contribution in [0.3, 0.4) is 0 Å². The van der Waals surface area contributed by atoms with Gasteiger partial charge in [0.2, 0.25) is 0 Å². The molecule has 0 aliphatic carbocycles. The maximum Gasteiger partial charge on any atom is 0.573 e. The van der Waals surface area contributed by atoms with Crippen LogP contribution in [-0.2, 0) is 6.18 Å². The minimum atomic E-state index is -4.97. The van der Waals surface area contributed by atoms with Crippen LogP contribution in [0.15, 0.2) is 54.6 Å². The normalized spacial score (nSPS) is 12.5. The molecule has 0 fully saturated rings. The fraction of sp³-hybridized carbons (Fsp3) is 0.150.